The zero-order chi connectivity index (χ0) is 19.9. The van der Waals surface area contributed by atoms with Gasteiger partial charge in [0.15, 0.2) is 0 Å². The van der Waals surface area contributed by atoms with Crippen LogP contribution in [0, 0.1) is 5.92 Å². The quantitative estimate of drug-likeness (QED) is 0.460. The van der Waals surface area contributed by atoms with Gasteiger partial charge >= 0.3 is 5.97 Å². The maximum Gasteiger partial charge on any atom is 0.323 e. The number of carboxylic acids is 1. The predicted molar refractivity (Wildman–Crippen MR) is 112 cm³/mol. The first-order chi connectivity index (χ1) is 12.9. The molecule has 0 fully saturated rings. The second-order valence-electron chi connectivity index (χ2n) is 8.53. The van der Waals surface area contributed by atoms with Gasteiger partial charge in [-0.1, -0.05) is 57.3 Å². The van der Waals surface area contributed by atoms with Gasteiger partial charge in [-0.15, -0.1) is 0 Å². The summed E-state index contributed by atoms with van der Waals surface area (Å²) in [5, 5.41) is 9.69. The minimum Gasteiger partial charge on any atom is -0.480 e. The lowest BCUT2D eigenvalue weighted by Gasteiger charge is -2.39. The lowest BCUT2D eigenvalue weighted by Crippen LogP contribution is -2.50. The number of carboxylic acid groups (broad SMARTS) is 1. The second kappa shape index (κ2) is 10.3. The summed E-state index contributed by atoms with van der Waals surface area (Å²) in [4.78, 5) is 14.3. The molecule has 0 aliphatic carbocycles. The fourth-order valence-corrected chi connectivity index (χ4v) is 3.96. The topological polar surface area (TPSA) is 66.6 Å². The van der Waals surface area contributed by atoms with Crippen LogP contribution in [0.4, 0.5) is 0 Å². The number of nitrogens with two attached hydrogens (primary N) is 1. The standard InChI is InChI=1S/C22H35BN2O2/c1-17(2)10-14-25-16-19-8-4-3-7-18(19)15-20(25)9-12-22(24,21(26)27)11-5-6-13-23/h3-4,7-8,17,20H,5-6,9-16,24H2,1-2H3,(H,26,27). The van der Waals surface area contributed by atoms with Crippen LogP contribution >= 0.6 is 0 Å². The third kappa shape index (κ3) is 6.36. The largest absolute Gasteiger partial charge is 0.480 e. The predicted octanol–water partition coefficient (Wildman–Crippen LogP) is 3.78. The first-order valence-corrected chi connectivity index (χ1v) is 10.4. The molecule has 0 amide bonds. The number of nitrogens with zero attached hydrogens (tertiary/aromatic N) is 1. The van der Waals surface area contributed by atoms with Crippen LogP contribution in [-0.2, 0) is 17.8 Å². The van der Waals surface area contributed by atoms with E-state index in [1.54, 1.807) is 0 Å². The highest BCUT2D eigenvalue weighted by Crippen LogP contribution is 2.29. The molecule has 1 aromatic rings. The molecule has 0 bridgehead atoms. The zero-order valence-electron chi connectivity index (χ0n) is 17.0. The molecule has 0 spiro atoms. The Morgan fingerprint density at radius 3 is 2.63 bits per heavy atom. The van der Waals surface area contributed by atoms with E-state index in [1.165, 1.54) is 11.1 Å². The van der Waals surface area contributed by atoms with Crippen LogP contribution < -0.4 is 5.73 Å². The molecule has 1 aliphatic heterocycles. The summed E-state index contributed by atoms with van der Waals surface area (Å²) in [6.07, 6.45) is 6.13. The molecular weight excluding hydrogens is 335 g/mol. The molecule has 1 heterocycles. The van der Waals surface area contributed by atoms with Crippen LogP contribution in [-0.4, -0.2) is 41.9 Å². The molecule has 4 nitrogen and oxygen atoms in total. The Bertz CT molecular complexity index is 608. The van der Waals surface area contributed by atoms with Gasteiger partial charge in [-0.25, -0.2) is 0 Å². The summed E-state index contributed by atoms with van der Waals surface area (Å²) in [5.41, 5.74) is 7.95. The van der Waals surface area contributed by atoms with Crippen LogP contribution in [0.1, 0.15) is 63.5 Å². The summed E-state index contributed by atoms with van der Waals surface area (Å²) in [5.74, 6) is -0.226. The molecule has 5 heteroatoms. The number of benzene rings is 1. The lowest BCUT2D eigenvalue weighted by molar-refractivity contribution is -0.144. The van der Waals surface area contributed by atoms with Crippen LogP contribution in [0.5, 0.6) is 0 Å². The number of aliphatic carboxylic acids is 1. The van der Waals surface area contributed by atoms with Gasteiger partial charge < -0.3 is 10.8 Å². The first kappa shape index (κ1) is 22.0. The van der Waals surface area contributed by atoms with E-state index in [9.17, 15) is 9.90 Å². The molecule has 1 aliphatic rings. The number of rotatable bonds is 11. The summed E-state index contributed by atoms with van der Waals surface area (Å²) in [6, 6.07) is 8.97. The summed E-state index contributed by atoms with van der Waals surface area (Å²) >= 11 is 0. The third-order valence-electron chi connectivity index (χ3n) is 5.88. The Morgan fingerprint density at radius 2 is 2.00 bits per heavy atom. The second-order valence-corrected chi connectivity index (χ2v) is 8.53. The Hall–Kier alpha value is -1.33. The first-order valence-electron chi connectivity index (χ1n) is 10.4. The molecule has 148 valence electrons. The van der Waals surface area contributed by atoms with E-state index in [0.29, 0.717) is 31.1 Å². The number of hydrogen-bond acceptors (Lipinski definition) is 3. The van der Waals surface area contributed by atoms with Crippen molar-refractivity contribution < 1.29 is 9.90 Å². The van der Waals surface area contributed by atoms with Crippen molar-refractivity contribution >= 4 is 13.8 Å². The van der Waals surface area contributed by atoms with Gasteiger partial charge in [0.1, 0.15) is 5.54 Å². The van der Waals surface area contributed by atoms with Gasteiger partial charge in [0.05, 0.1) is 7.85 Å². The van der Waals surface area contributed by atoms with Crippen molar-refractivity contribution in [1.29, 1.82) is 0 Å². The summed E-state index contributed by atoms with van der Waals surface area (Å²) in [7, 11) is 5.55. The Kier molecular flexibility index (Phi) is 8.37. The highest BCUT2D eigenvalue weighted by Gasteiger charge is 2.35. The van der Waals surface area contributed by atoms with E-state index in [4.69, 9.17) is 13.6 Å². The van der Waals surface area contributed by atoms with E-state index in [1.807, 2.05) is 0 Å². The smallest absolute Gasteiger partial charge is 0.323 e. The van der Waals surface area contributed by atoms with E-state index < -0.39 is 11.5 Å². The fourth-order valence-electron chi connectivity index (χ4n) is 3.96. The molecule has 3 N–H and O–H groups in total. The van der Waals surface area contributed by atoms with E-state index in [2.05, 4.69) is 43.0 Å². The lowest BCUT2D eigenvalue weighted by atomic mass is 9.83. The Morgan fingerprint density at radius 1 is 1.30 bits per heavy atom. The molecule has 0 saturated heterocycles. The minimum atomic E-state index is -1.14. The molecule has 0 saturated carbocycles. The average molecular weight is 370 g/mol. The number of unbranched alkanes of at least 4 members (excludes halogenated alkanes) is 1. The number of hydrogen-bond donors (Lipinski definition) is 2. The molecule has 27 heavy (non-hydrogen) atoms. The molecule has 2 unspecified atom stereocenters. The van der Waals surface area contributed by atoms with Crippen molar-refractivity contribution in [1.82, 2.24) is 4.90 Å². The maximum atomic E-state index is 11.8. The van der Waals surface area contributed by atoms with Gasteiger partial charge in [-0.2, -0.15) is 0 Å². The maximum absolute atomic E-state index is 11.8. The molecule has 0 aromatic heterocycles. The molecule has 2 rings (SSSR count). The molecule has 2 radical (unpaired) electrons. The highest BCUT2D eigenvalue weighted by molar-refractivity contribution is 6.08. The van der Waals surface area contributed by atoms with Crippen molar-refractivity contribution in [3.63, 3.8) is 0 Å². The Labute approximate surface area is 165 Å². The van der Waals surface area contributed by atoms with Crippen molar-refractivity contribution in [2.45, 2.75) is 83.2 Å². The monoisotopic (exact) mass is 370 g/mol. The van der Waals surface area contributed by atoms with Crippen LogP contribution in [0.3, 0.4) is 0 Å². The average Bonchev–Trinajstić information content (AvgIpc) is 2.64. The van der Waals surface area contributed by atoms with Crippen molar-refractivity contribution in [3.8, 4) is 0 Å². The van der Waals surface area contributed by atoms with Gasteiger partial charge in [0.2, 0.25) is 0 Å². The van der Waals surface area contributed by atoms with E-state index in [0.717, 1.165) is 45.2 Å². The van der Waals surface area contributed by atoms with Crippen LogP contribution in [0.15, 0.2) is 24.3 Å². The van der Waals surface area contributed by atoms with Crippen molar-refractivity contribution in [2.75, 3.05) is 6.54 Å². The number of fused-ring (bicyclic) bond motifs is 1. The normalized spacial score (nSPS) is 19.6. The SMILES string of the molecule is [B]CCCCC(N)(CCC1Cc2ccccc2CN1CCC(C)C)C(=O)O. The Balaban J connectivity index is 2.06. The van der Waals surface area contributed by atoms with Gasteiger partial charge in [-0.05, 0) is 55.7 Å². The summed E-state index contributed by atoms with van der Waals surface area (Å²) in [6.45, 7) is 6.50. The number of carbonyl (C=O) groups is 1. The molecule has 2 atom stereocenters. The van der Waals surface area contributed by atoms with Gasteiger partial charge in [0.25, 0.3) is 0 Å². The van der Waals surface area contributed by atoms with Crippen molar-refractivity contribution in [3.05, 3.63) is 35.4 Å². The van der Waals surface area contributed by atoms with E-state index >= 15 is 0 Å². The van der Waals surface area contributed by atoms with Crippen molar-refractivity contribution in [2.24, 2.45) is 11.7 Å². The van der Waals surface area contributed by atoms with Gasteiger partial charge in [-0.3, -0.25) is 9.69 Å². The minimum absolute atomic E-state index is 0.357. The van der Waals surface area contributed by atoms with Gasteiger partial charge in [0, 0.05) is 12.6 Å². The summed E-state index contributed by atoms with van der Waals surface area (Å²) < 4.78 is 0. The van der Waals surface area contributed by atoms with E-state index in [-0.39, 0.29) is 0 Å². The van der Waals surface area contributed by atoms with Crippen LogP contribution in [0.25, 0.3) is 0 Å². The fraction of sp³-hybridized carbons (Fsp3) is 0.682. The molecule has 1 aromatic carbocycles. The zero-order valence-corrected chi connectivity index (χ0v) is 17.0. The van der Waals surface area contributed by atoms with Crippen LogP contribution in [0.2, 0.25) is 6.32 Å². The third-order valence-corrected chi connectivity index (χ3v) is 5.88. The molecular formula is C22H35BN2O2. The highest BCUT2D eigenvalue weighted by atomic mass is 16.4.